The highest BCUT2D eigenvalue weighted by Crippen LogP contribution is 2.29. The summed E-state index contributed by atoms with van der Waals surface area (Å²) in [5, 5.41) is 9.66. The lowest BCUT2D eigenvalue weighted by Crippen LogP contribution is -2.40. The van der Waals surface area contributed by atoms with Crippen LogP contribution in [0.15, 0.2) is 24.3 Å². The highest BCUT2D eigenvalue weighted by molar-refractivity contribution is 5.89. The smallest absolute Gasteiger partial charge is 0.388 e. The van der Waals surface area contributed by atoms with Crippen LogP contribution in [0, 0.1) is 5.41 Å². The van der Waals surface area contributed by atoms with Crippen molar-refractivity contribution in [3.8, 4) is 0 Å². The molecule has 1 aromatic rings. The van der Waals surface area contributed by atoms with E-state index >= 15 is 0 Å². The van der Waals surface area contributed by atoms with Gasteiger partial charge in [-0.2, -0.15) is 13.2 Å². The van der Waals surface area contributed by atoms with Crippen LogP contribution in [-0.4, -0.2) is 29.9 Å². The SMILES string of the molecule is CC(CC(=N)N)N(C)C(=O)Nc1ccc(C(F)(F)F)cc1. The third-order valence-electron chi connectivity index (χ3n) is 2.96. The van der Waals surface area contributed by atoms with Crippen molar-refractivity contribution in [3.63, 3.8) is 0 Å². The summed E-state index contributed by atoms with van der Waals surface area (Å²) < 4.78 is 37.2. The predicted octanol–water partition coefficient (Wildman–Crippen LogP) is 2.88. The minimum absolute atomic E-state index is 0.0447. The van der Waals surface area contributed by atoms with E-state index in [1.165, 1.54) is 24.1 Å². The Kier molecular flexibility index (Phi) is 5.17. The number of amides is 2. The van der Waals surface area contributed by atoms with E-state index in [0.717, 1.165) is 12.1 Å². The Hall–Kier alpha value is -2.25. The summed E-state index contributed by atoms with van der Waals surface area (Å²) in [5.41, 5.74) is 4.74. The van der Waals surface area contributed by atoms with E-state index in [4.69, 9.17) is 11.1 Å². The molecule has 1 rings (SSSR count). The van der Waals surface area contributed by atoms with Crippen molar-refractivity contribution < 1.29 is 18.0 Å². The molecule has 0 saturated carbocycles. The average molecular weight is 302 g/mol. The second kappa shape index (κ2) is 6.47. The molecule has 2 amide bonds. The molecule has 0 aliphatic heterocycles. The number of alkyl halides is 3. The fraction of sp³-hybridized carbons (Fsp3) is 0.385. The molecule has 0 aliphatic carbocycles. The number of halogens is 3. The van der Waals surface area contributed by atoms with E-state index in [1.54, 1.807) is 6.92 Å². The number of anilines is 1. The second-order valence-electron chi connectivity index (χ2n) is 4.69. The van der Waals surface area contributed by atoms with Crippen LogP contribution in [0.3, 0.4) is 0 Å². The Labute approximate surface area is 120 Å². The first-order valence-electron chi connectivity index (χ1n) is 6.15. The molecule has 0 bridgehead atoms. The molecule has 0 spiro atoms. The largest absolute Gasteiger partial charge is 0.416 e. The van der Waals surface area contributed by atoms with Crippen molar-refractivity contribution in [1.82, 2.24) is 4.90 Å². The summed E-state index contributed by atoms with van der Waals surface area (Å²) in [4.78, 5) is 13.2. The van der Waals surface area contributed by atoms with Crippen molar-refractivity contribution in [2.75, 3.05) is 12.4 Å². The van der Waals surface area contributed by atoms with Crippen LogP contribution in [0.4, 0.5) is 23.7 Å². The van der Waals surface area contributed by atoms with Gasteiger partial charge in [0.05, 0.1) is 11.4 Å². The summed E-state index contributed by atoms with van der Waals surface area (Å²) in [6, 6.07) is 3.39. The number of nitrogens with zero attached hydrogens (tertiary/aromatic N) is 1. The Morgan fingerprint density at radius 2 is 1.90 bits per heavy atom. The highest BCUT2D eigenvalue weighted by Gasteiger charge is 2.30. The van der Waals surface area contributed by atoms with Gasteiger partial charge in [-0.3, -0.25) is 5.41 Å². The molecule has 0 saturated heterocycles. The summed E-state index contributed by atoms with van der Waals surface area (Å²) in [5.74, 6) is -0.0447. The molecule has 1 unspecified atom stereocenters. The number of benzene rings is 1. The standard InChI is InChI=1S/C13H17F3N4O/c1-8(7-11(17)18)20(2)12(21)19-10-5-3-9(4-6-10)13(14,15)16/h3-6,8H,7H2,1-2H3,(H3,17,18)(H,19,21). The maximum absolute atomic E-state index is 12.4. The lowest BCUT2D eigenvalue weighted by Gasteiger charge is -2.24. The van der Waals surface area contributed by atoms with Crippen molar-refractivity contribution in [1.29, 1.82) is 5.41 Å². The van der Waals surface area contributed by atoms with E-state index < -0.39 is 17.8 Å². The fourth-order valence-corrected chi connectivity index (χ4v) is 1.61. The molecule has 0 radical (unpaired) electrons. The normalized spacial score (nSPS) is 12.6. The van der Waals surface area contributed by atoms with Crippen LogP contribution in [0.5, 0.6) is 0 Å². The van der Waals surface area contributed by atoms with Crippen LogP contribution >= 0.6 is 0 Å². The molecule has 0 aliphatic rings. The number of rotatable bonds is 4. The van der Waals surface area contributed by atoms with Gasteiger partial charge < -0.3 is 16.0 Å². The monoisotopic (exact) mass is 302 g/mol. The number of urea groups is 1. The molecule has 116 valence electrons. The van der Waals surface area contributed by atoms with Gasteiger partial charge in [0.2, 0.25) is 0 Å². The highest BCUT2D eigenvalue weighted by atomic mass is 19.4. The molecule has 1 atom stereocenters. The third kappa shape index (κ3) is 4.97. The zero-order chi connectivity index (χ0) is 16.2. The first-order chi connectivity index (χ1) is 9.61. The quantitative estimate of drug-likeness (QED) is 0.590. The Balaban J connectivity index is 2.68. The van der Waals surface area contributed by atoms with Crippen molar-refractivity contribution >= 4 is 17.6 Å². The molecular formula is C13H17F3N4O. The van der Waals surface area contributed by atoms with Crippen molar-refractivity contribution in [2.45, 2.75) is 25.6 Å². The first kappa shape index (κ1) is 16.8. The molecule has 0 heterocycles. The molecule has 8 heteroatoms. The molecule has 4 N–H and O–H groups in total. The minimum Gasteiger partial charge on any atom is -0.388 e. The van der Waals surface area contributed by atoms with Gasteiger partial charge in [0, 0.05) is 25.2 Å². The maximum atomic E-state index is 12.4. The number of hydrogen-bond acceptors (Lipinski definition) is 2. The molecule has 21 heavy (non-hydrogen) atoms. The number of nitrogens with one attached hydrogen (secondary N) is 2. The van der Waals surface area contributed by atoms with Gasteiger partial charge in [-0.05, 0) is 31.2 Å². The fourth-order valence-electron chi connectivity index (χ4n) is 1.61. The lowest BCUT2D eigenvalue weighted by atomic mass is 10.2. The van der Waals surface area contributed by atoms with Crippen molar-refractivity contribution in [2.24, 2.45) is 5.73 Å². The van der Waals surface area contributed by atoms with Crippen LogP contribution in [0.2, 0.25) is 0 Å². The Morgan fingerprint density at radius 3 is 2.33 bits per heavy atom. The van der Waals surface area contributed by atoms with E-state index in [1.807, 2.05) is 0 Å². The zero-order valence-electron chi connectivity index (χ0n) is 11.7. The minimum atomic E-state index is -4.41. The number of nitrogens with two attached hydrogens (primary N) is 1. The van der Waals surface area contributed by atoms with Gasteiger partial charge in [0.1, 0.15) is 0 Å². The number of amidine groups is 1. The van der Waals surface area contributed by atoms with Crippen molar-refractivity contribution in [3.05, 3.63) is 29.8 Å². The third-order valence-corrected chi connectivity index (χ3v) is 2.96. The average Bonchev–Trinajstić information content (AvgIpc) is 2.36. The number of hydrogen-bond donors (Lipinski definition) is 3. The molecule has 0 aromatic heterocycles. The Morgan fingerprint density at radius 1 is 1.38 bits per heavy atom. The predicted molar refractivity (Wildman–Crippen MR) is 74.2 cm³/mol. The van der Waals surface area contributed by atoms with Gasteiger partial charge in [-0.15, -0.1) is 0 Å². The van der Waals surface area contributed by atoms with Crippen LogP contribution in [0.1, 0.15) is 18.9 Å². The van der Waals surface area contributed by atoms with E-state index in [0.29, 0.717) is 0 Å². The number of carbonyl (C=O) groups excluding carboxylic acids is 1. The summed E-state index contributed by atoms with van der Waals surface area (Å²) in [6.45, 7) is 1.72. The summed E-state index contributed by atoms with van der Waals surface area (Å²) in [6.07, 6.45) is -4.19. The van der Waals surface area contributed by atoms with Crippen LogP contribution in [-0.2, 0) is 6.18 Å². The molecule has 1 aromatic carbocycles. The maximum Gasteiger partial charge on any atom is 0.416 e. The summed E-state index contributed by atoms with van der Waals surface area (Å²) in [7, 11) is 1.52. The molecular weight excluding hydrogens is 285 g/mol. The van der Waals surface area contributed by atoms with Gasteiger partial charge in [0.25, 0.3) is 0 Å². The van der Waals surface area contributed by atoms with Gasteiger partial charge in [-0.1, -0.05) is 0 Å². The van der Waals surface area contributed by atoms with E-state index in [9.17, 15) is 18.0 Å². The second-order valence-corrected chi connectivity index (χ2v) is 4.69. The first-order valence-corrected chi connectivity index (χ1v) is 6.15. The summed E-state index contributed by atoms with van der Waals surface area (Å²) >= 11 is 0. The molecule has 5 nitrogen and oxygen atoms in total. The van der Waals surface area contributed by atoms with Crippen LogP contribution < -0.4 is 11.1 Å². The molecule has 0 fully saturated rings. The zero-order valence-corrected chi connectivity index (χ0v) is 11.7. The topological polar surface area (TPSA) is 82.2 Å². The van der Waals surface area contributed by atoms with Gasteiger partial charge >= 0.3 is 12.2 Å². The van der Waals surface area contributed by atoms with Gasteiger partial charge in [-0.25, -0.2) is 4.79 Å². The van der Waals surface area contributed by atoms with E-state index in [2.05, 4.69) is 5.32 Å². The Bertz CT molecular complexity index is 513. The van der Waals surface area contributed by atoms with E-state index in [-0.39, 0.29) is 24.0 Å². The van der Waals surface area contributed by atoms with Gasteiger partial charge in [0.15, 0.2) is 0 Å². The number of carbonyl (C=O) groups is 1. The van der Waals surface area contributed by atoms with Crippen LogP contribution in [0.25, 0.3) is 0 Å². The lowest BCUT2D eigenvalue weighted by molar-refractivity contribution is -0.137.